The first-order valence-electron chi connectivity index (χ1n) is 5.73. The number of rotatable bonds is 3. The van der Waals surface area contributed by atoms with Crippen LogP contribution in [0.15, 0.2) is 16.7 Å². The van der Waals surface area contributed by atoms with Gasteiger partial charge in [0, 0.05) is 45.0 Å². The van der Waals surface area contributed by atoms with E-state index in [4.69, 9.17) is 9.47 Å². The monoisotopic (exact) mass is 316 g/mol. The molecule has 0 aliphatic carbocycles. The molecular formula is C12H17BrN2O3. The Labute approximate surface area is 115 Å². The van der Waals surface area contributed by atoms with Crippen LogP contribution in [0.25, 0.3) is 0 Å². The molecule has 1 saturated heterocycles. The zero-order valence-corrected chi connectivity index (χ0v) is 12.3. The van der Waals surface area contributed by atoms with Gasteiger partial charge in [-0.15, -0.1) is 0 Å². The molecule has 6 heteroatoms. The molecule has 1 aromatic rings. The number of carbonyl (C=O) groups excluding carboxylic acids is 1. The van der Waals surface area contributed by atoms with Gasteiger partial charge >= 0.3 is 0 Å². The summed E-state index contributed by atoms with van der Waals surface area (Å²) in [6.07, 6.45) is 1.76. The summed E-state index contributed by atoms with van der Waals surface area (Å²) in [6, 6.07) is 1.82. The summed E-state index contributed by atoms with van der Waals surface area (Å²) >= 11 is 3.37. The van der Waals surface area contributed by atoms with E-state index in [2.05, 4.69) is 15.9 Å². The number of hydrogen-bond donors (Lipinski definition) is 0. The Morgan fingerprint density at radius 1 is 1.33 bits per heavy atom. The molecule has 1 aliphatic rings. The maximum Gasteiger partial charge on any atom is 0.270 e. The van der Waals surface area contributed by atoms with E-state index >= 15 is 0 Å². The molecule has 1 aliphatic heterocycles. The van der Waals surface area contributed by atoms with Crippen LogP contribution >= 0.6 is 15.9 Å². The molecular weight excluding hydrogens is 300 g/mol. The Morgan fingerprint density at radius 3 is 2.28 bits per heavy atom. The van der Waals surface area contributed by atoms with Crippen LogP contribution < -0.4 is 0 Å². The first kappa shape index (κ1) is 13.6. The van der Waals surface area contributed by atoms with E-state index in [1.807, 2.05) is 23.9 Å². The van der Waals surface area contributed by atoms with Gasteiger partial charge < -0.3 is 18.9 Å². The van der Waals surface area contributed by atoms with Crippen molar-refractivity contribution in [3.63, 3.8) is 0 Å². The highest BCUT2D eigenvalue weighted by molar-refractivity contribution is 9.10. The van der Waals surface area contributed by atoms with Gasteiger partial charge in [0.15, 0.2) is 0 Å². The van der Waals surface area contributed by atoms with Gasteiger partial charge in [-0.05, 0) is 22.0 Å². The molecule has 100 valence electrons. The van der Waals surface area contributed by atoms with Crippen molar-refractivity contribution in [1.29, 1.82) is 0 Å². The lowest BCUT2D eigenvalue weighted by atomic mass is 10.3. The van der Waals surface area contributed by atoms with Crippen LogP contribution in [-0.4, -0.2) is 54.9 Å². The molecule has 1 aromatic heterocycles. The molecule has 18 heavy (non-hydrogen) atoms. The molecule has 1 fully saturated rings. The molecule has 0 spiro atoms. The fraction of sp³-hybridized carbons (Fsp3) is 0.583. The molecule has 0 aromatic carbocycles. The van der Waals surface area contributed by atoms with Gasteiger partial charge in [-0.2, -0.15) is 0 Å². The van der Waals surface area contributed by atoms with Crippen molar-refractivity contribution >= 4 is 21.8 Å². The average Bonchev–Trinajstić information content (AvgIpc) is 2.91. The molecule has 1 amide bonds. The molecule has 2 atom stereocenters. The molecule has 0 saturated carbocycles. The number of methoxy groups -OCH3 is 2. The van der Waals surface area contributed by atoms with Crippen LogP contribution in [0.4, 0.5) is 0 Å². The van der Waals surface area contributed by atoms with Gasteiger partial charge in [0.05, 0.1) is 0 Å². The Morgan fingerprint density at radius 2 is 1.89 bits per heavy atom. The second kappa shape index (κ2) is 5.42. The van der Waals surface area contributed by atoms with E-state index in [0.717, 1.165) is 4.47 Å². The van der Waals surface area contributed by atoms with Gasteiger partial charge in [-0.1, -0.05) is 0 Å². The van der Waals surface area contributed by atoms with Crippen LogP contribution in [0.1, 0.15) is 10.5 Å². The third-order valence-corrected chi connectivity index (χ3v) is 3.73. The smallest absolute Gasteiger partial charge is 0.270 e. The summed E-state index contributed by atoms with van der Waals surface area (Å²) < 4.78 is 13.4. The summed E-state index contributed by atoms with van der Waals surface area (Å²) in [5.74, 6) is 0.00444. The van der Waals surface area contributed by atoms with Gasteiger partial charge in [0.25, 0.3) is 5.91 Å². The standard InChI is InChI=1S/C12H17BrN2O3/c1-14-5-8(13)4-9(14)12(16)15-6-10(17-2)11(7-15)18-3/h4-5,10-11H,6-7H2,1-3H3. The quantitative estimate of drug-likeness (QED) is 0.843. The molecule has 0 bridgehead atoms. The van der Waals surface area contributed by atoms with Crippen molar-refractivity contribution in [2.45, 2.75) is 12.2 Å². The third-order valence-electron chi connectivity index (χ3n) is 3.30. The Kier molecular flexibility index (Phi) is 4.09. The van der Waals surface area contributed by atoms with Crippen LogP contribution in [0.2, 0.25) is 0 Å². The van der Waals surface area contributed by atoms with Gasteiger partial charge in [0.2, 0.25) is 0 Å². The zero-order valence-electron chi connectivity index (χ0n) is 10.7. The lowest BCUT2D eigenvalue weighted by Crippen LogP contribution is -2.31. The maximum atomic E-state index is 12.4. The third kappa shape index (κ3) is 2.46. The minimum absolute atomic E-state index is 0.00444. The molecule has 5 nitrogen and oxygen atoms in total. The fourth-order valence-electron chi connectivity index (χ4n) is 2.26. The Hall–Kier alpha value is -0.850. The Bertz CT molecular complexity index is 435. The van der Waals surface area contributed by atoms with E-state index in [1.165, 1.54) is 0 Å². The van der Waals surface area contributed by atoms with Crippen LogP contribution in [0.3, 0.4) is 0 Å². The van der Waals surface area contributed by atoms with E-state index in [9.17, 15) is 4.79 Å². The van der Waals surface area contributed by atoms with Gasteiger partial charge in [0.1, 0.15) is 17.9 Å². The first-order chi connectivity index (χ1) is 8.56. The van der Waals surface area contributed by atoms with Crippen LogP contribution in [-0.2, 0) is 16.5 Å². The van der Waals surface area contributed by atoms with E-state index in [0.29, 0.717) is 18.8 Å². The lowest BCUT2D eigenvalue weighted by Gasteiger charge is -2.15. The molecule has 2 rings (SSSR count). The lowest BCUT2D eigenvalue weighted by molar-refractivity contribution is -0.00461. The summed E-state index contributed by atoms with van der Waals surface area (Å²) in [4.78, 5) is 14.1. The van der Waals surface area contributed by atoms with Crippen molar-refractivity contribution in [2.24, 2.45) is 7.05 Å². The number of aromatic nitrogens is 1. The summed E-state index contributed by atoms with van der Waals surface area (Å²) in [7, 11) is 5.14. The number of carbonyl (C=O) groups is 1. The highest BCUT2D eigenvalue weighted by Crippen LogP contribution is 2.20. The van der Waals surface area contributed by atoms with Crippen molar-refractivity contribution in [3.8, 4) is 0 Å². The predicted octanol–water partition coefficient (Wildman–Crippen LogP) is 1.27. The average molecular weight is 317 g/mol. The number of hydrogen-bond acceptors (Lipinski definition) is 3. The molecule has 2 heterocycles. The molecule has 2 unspecified atom stereocenters. The van der Waals surface area contributed by atoms with Crippen molar-refractivity contribution < 1.29 is 14.3 Å². The number of ether oxygens (including phenoxy) is 2. The summed E-state index contributed by atoms with van der Waals surface area (Å²) in [6.45, 7) is 1.13. The number of likely N-dealkylation sites (tertiary alicyclic amines) is 1. The fourth-order valence-corrected chi connectivity index (χ4v) is 2.79. The number of halogens is 1. The number of amides is 1. The number of aryl methyl sites for hydroxylation is 1. The maximum absolute atomic E-state index is 12.4. The zero-order chi connectivity index (χ0) is 13.3. The van der Waals surface area contributed by atoms with Crippen LogP contribution in [0.5, 0.6) is 0 Å². The van der Waals surface area contributed by atoms with Crippen molar-refractivity contribution in [2.75, 3.05) is 27.3 Å². The molecule has 0 N–H and O–H groups in total. The van der Waals surface area contributed by atoms with E-state index in [1.54, 1.807) is 19.1 Å². The van der Waals surface area contributed by atoms with Crippen molar-refractivity contribution in [3.05, 3.63) is 22.4 Å². The largest absolute Gasteiger partial charge is 0.377 e. The summed E-state index contributed by atoms with van der Waals surface area (Å²) in [5.41, 5.74) is 0.661. The second-order valence-corrected chi connectivity index (χ2v) is 5.33. The minimum atomic E-state index is -0.0531. The number of nitrogens with zero attached hydrogens (tertiary/aromatic N) is 2. The van der Waals surface area contributed by atoms with Crippen molar-refractivity contribution in [1.82, 2.24) is 9.47 Å². The summed E-state index contributed by atoms with van der Waals surface area (Å²) in [5, 5.41) is 0. The highest BCUT2D eigenvalue weighted by atomic mass is 79.9. The Balaban J connectivity index is 2.14. The normalized spacial score (nSPS) is 23.7. The topological polar surface area (TPSA) is 43.7 Å². The van der Waals surface area contributed by atoms with E-state index in [-0.39, 0.29) is 18.1 Å². The van der Waals surface area contributed by atoms with Crippen LogP contribution in [0, 0.1) is 0 Å². The predicted molar refractivity (Wildman–Crippen MR) is 70.6 cm³/mol. The SMILES string of the molecule is COC1CN(C(=O)c2cc(Br)cn2C)CC1OC. The second-order valence-electron chi connectivity index (χ2n) is 4.41. The minimum Gasteiger partial charge on any atom is -0.377 e. The van der Waals surface area contributed by atoms with E-state index < -0.39 is 0 Å². The van der Waals surface area contributed by atoms with Gasteiger partial charge in [-0.25, -0.2) is 0 Å². The molecule has 0 radical (unpaired) electrons. The first-order valence-corrected chi connectivity index (χ1v) is 6.52. The van der Waals surface area contributed by atoms with Gasteiger partial charge in [-0.3, -0.25) is 4.79 Å². The highest BCUT2D eigenvalue weighted by Gasteiger charge is 2.36.